The van der Waals surface area contributed by atoms with Crippen molar-refractivity contribution in [2.45, 2.75) is 50.2 Å². The van der Waals surface area contributed by atoms with Crippen LogP contribution in [0, 0.1) is 0 Å². The Balaban J connectivity index is 1.94. The van der Waals surface area contributed by atoms with Gasteiger partial charge in [-0.1, -0.05) is 12.1 Å². The molecule has 0 aliphatic rings. The summed E-state index contributed by atoms with van der Waals surface area (Å²) in [6, 6.07) is 2.76. The lowest BCUT2D eigenvalue weighted by molar-refractivity contribution is -0.142. The highest BCUT2D eigenvalue weighted by Crippen LogP contribution is 2.12. The van der Waals surface area contributed by atoms with Crippen LogP contribution in [-0.4, -0.2) is 75.1 Å². The highest BCUT2D eigenvalue weighted by molar-refractivity contribution is 5.92. The summed E-state index contributed by atoms with van der Waals surface area (Å²) in [6.45, 7) is -0.0167. The van der Waals surface area contributed by atoms with Crippen LogP contribution in [0.5, 0.6) is 5.75 Å². The fraction of sp³-hybridized carbons (Fsp3) is 0.435. The fourth-order valence-corrected chi connectivity index (χ4v) is 3.37. The number of aliphatic carboxylic acids is 1. The number of phenolic OH excluding ortho intramolecular Hbond substituents is 1. The summed E-state index contributed by atoms with van der Waals surface area (Å²) in [6.07, 6.45) is 4.54. The summed E-state index contributed by atoms with van der Waals surface area (Å²) in [4.78, 5) is 55.9. The molecule has 2 rings (SSSR count). The number of aromatic nitrogens is 2. The van der Waals surface area contributed by atoms with Gasteiger partial charge in [0.2, 0.25) is 17.7 Å². The maximum absolute atomic E-state index is 12.9. The molecule has 0 saturated carbocycles. The molecule has 1 aromatic heterocycles. The normalized spacial score (nSPS) is 13.3. The summed E-state index contributed by atoms with van der Waals surface area (Å²) < 4.78 is 0. The molecule has 0 aliphatic heterocycles. The lowest BCUT2D eigenvalue weighted by Crippen LogP contribution is -2.54. The number of carbonyl (C=O) groups excluding carboxylic acids is 3. The average Bonchev–Trinajstić information content (AvgIpc) is 3.35. The summed E-state index contributed by atoms with van der Waals surface area (Å²) in [5.74, 6) is -3.07. The highest BCUT2D eigenvalue weighted by atomic mass is 16.4. The number of benzene rings is 1. The van der Waals surface area contributed by atoms with Crippen molar-refractivity contribution in [1.82, 2.24) is 25.9 Å². The molecule has 196 valence electrons. The Morgan fingerprint density at radius 1 is 1.00 bits per heavy atom. The van der Waals surface area contributed by atoms with E-state index in [1.165, 1.54) is 24.7 Å². The number of nitrogens with two attached hydrogens (primary N) is 2. The molecule has 1 aromatic carbocycles. The zero-order chi connectivity index (χ0) is 26.5. The molecule has 0 bridgehead atoms. The van der Waals surface area contributed by atoms with E-state index in [9.17, 15) is 29.4 Å². The zero-order valence-corrected chi connectivity index (χ0v) is 19.8. The molecule has 10 N–H and O–H groups in total. The summed E-state index contributed by atoms with van der Waals surface area (Å²) in [7, 11) is 0. The molecule has 1 heterocycles. The van der Waals surface area contributed by atoms with Crippen molar-refractivity contribution < 1.29 is 29.4 Å². The molecule has 0 aliphatic carbocycles. The van der Waals surface area contributed by atoms with Crippen LogP contribution in [0.4, 0.5) is 0 Å². The molecule has 0 fully saturated rings. The van der Waals surface area contributed by atoms with Gasteiger partial charge in [-0.2, -0.15) is 0 Å². The number of nitrogens with zero attached hydrogens (tertiary/aromatic N) is 1. The molecule has 3 atom stereocenters. The minimum Gasteiger partial charge on any atom is -0.508 e. The van der Waals surface area contributed by atoms with Crippen LogP contribution in [0.15, 0.2) is 36.8 Å². The van der Waals surface area contributed by atoms with E-state index >= 15 is 0 Å². The van der Waals surface area contributed by atoms with Gasteiger partial charge in [-0.05, 0) is 43.5 Å². The predicted molar refractivity (Wildman–Crippen MR) is 129 cm³/mol. The highest BCUT2D eigenvalue weighted by Gasteiger charge is 2.27. The molecule has 13 heteroatoms. The summed E-state index contributed by atoms with van der Waals surface area (Å²) in [5, 5.41) is 26.4. The van der Waals surface area contributed by atoms with Gasteiger partial charge in [-0.15, -0.1) is 0 Å². The maximum atomic E-state index is 12.9. The second kappa shape index (κ2) is 14.4. The number of carboxylic acid groups (broad SMARTS) is 1. The first-order chi connectivity index (χ1) is 17.2. The number of nitrogens with one attached hydrogen (secondary N) is 4. The Bertz CT molecular complexity index is 997. The number of unbranched alkanes of at least 4 members (excludes halogenated alkanes) is 1. The van der Waals surface area contributed by atoms with E-state index in [1.807, 2.05) is 0 Å². The van der Waals surface area contributed by atoms with Crippen LogP contribution in [-0.2, 0) is 32.0 Å². The topological polar surface area (TPSA) is 226 Å². The van der Waals surface area contributed by atoms with Crippen LogP contribution in [0.1, 0.15) is 30.5 Å². The minimum atomic E-state index is -1.25. The minimum absolute atomic E-state index is 0.0188. The lowest BCUT2D eigenvalue weighted by Gasteiger charge is -2.22. The SMILES string of the molecule is NCCCCC(NC(=O)CNC(=O)C(N)Cc1cnc[nH]1)C(=O)NC(Cc1ccc(O)cc1)C(=O)O. The molecule has 2 aromatic rings. The number of rotatable bonds is 15. The summed E-state index contributed by atoms with van der Waals surface area (Å²) in [5.41, 5.74) is 12.6. The number of H-pyrrole nitrogens is 1. The van der Waals surface area contributed by atoms with Crippen molar-refractivity contribution in [1.29, 1.82) is 0 Å². The average molecular weight is 504 g/mol. The number of carbonyl (C=O) groups is 4. The number of aromatic amines is 1. The van der Waals surface area contributed by atoms with E-state index in [-0.39, 0.29) is 25.0 Å². The van der Waals surface area contributed by atoms with E-state index in [2.05, 4.69) is 25.9 Å². The largest absolute Gasteiger partial charge is 0.508 e. The van der Waals surface area contributed by atoms with Gasteiger partial charge in [-0.25, -0.2) is 9.78 Å². The Kier molecular flexibility index (Phi) is 11.3. The number of amides is 3. The summed E-state index contributed by atoms with van der Waals surface area (Å²) >= 11 is 0. The van der Waals surface area contributed by atoms with E-state index in [1.54, 1.807) is 12.1 Å². The van der Waals surface area contributed by atoms with Gasteiger partial charge in [0.25, 0.3) is 0 Å². The second-order valence-electron chi connectivity index (χ2n) is 8.28. The Morgan fingerprint density at radius 2 is 1.72 bits per heavy atom. The van der Waals surface area contributed by atoms with Crippen molar-refractivity contribution in [2.75, 3.05) is 13.1 Å². The van der Waals surface area contributed by atoms with Gasteiger partial charge >= 0.3 is 5.97 Å². The number of phenols is 1. The first kappa shape index (κ1) is 28.3. The lowest BCUT2D eigenvalue weighted by atomic mass is 10.0. The van der Waals surface area contributed by atoms with Gasteiger partial charge < -0.3 is 42.6 Å². The van der Waals surface area contributed by atoms with Gasteiger partial charge in [0.15, 0.2) is 0 Å². The number of hydrogen-bond acceptors (Lipinski definition) is 8. The van der Waals surface area contributed by atoms with Crippen molar-refractivity contribution in [3.05, 3.63) is 48.0 Å². The van der Waals surface area contributed by atoms with Crippen LogP contribution >= 0.6 is 0 Å². The van der Waals surface area contributed by atoms with Crippen molar-refractivity contribution in [3.8, 4) is 5.75 Å². The third kappa shape index (κ3) is 9.72. The third-order valence-corrected chi connectivity index (χ3v) is 5.34. The quantitative estimate of drug-likeness (QED) is 0.132. The number of aromatic hydroxyl groups is 1. The Labute approximate surface area is 208 Å². The van der Waals surface area contributed by atoms with Crippen molar-refractivity contribution in [3.63, 3.8) is 0 Å². The smallest absolute Gasteiger partial charge is 0.326 e. The van der Waals surface area contributed by atoms with Gasteiger partial charge in [0.1, 0.15) is 17.8 Å². The first-order valence-corrected chi connectivity index (χ1v) is 11.5. The zero-order valence-electron chi connectivity index (χ0n) is 19.8. The Morgan fingerprint density at radius 3 is 2.33 bits per heavy atom. The molecule has 0 saturated heterocycles. The van der Waals surface area contributed by atoms with Gasteiger partial charge in [-0.3, -0.25) is 14.4 Å². The number of hydrogen-bond donors (Lipinski definition) is 8. The molecule has 3 unspecified atom stereocenters. The van der Waals surface area contributed by atoms with Crippen LogP contribution in [0.2, 0.25) is 0 Å². The van der Waals surface area contributed by atoms with E-state index in [0.717, 1.165) is 0 Å². The van der Waals surface area contributed by atoms with E-state index < -0.39 is 48.4 Å². The second-order valence-corrected chi connectivity index (χ2v) is 8.28. The van der Waals surface area contributed by atoms with Crippen LogP contribution in [0.25, 0.3) is 0 Å². The fourth-order valence-electron chi connectivity index (χ4n) is 3.37. The number of carboxylic acids is 1. The first-order valence-electron chi connectivity index (χ1n) is 11.5. The predicted octanol–water partition coefficient (Wildman–Crippen LogP) is -1.47. The molecule has 0 spiro atoms. The molecular weight excluding hydrogens is 470 g/mol. The van der Waals surface area contributed by atoms with E-state index in [0.29, 0.717) is 30.6 Å². The maximum Gasteiger partial charge on any atom is 0.326 e. The van der Waals surface area contributed by atoms with E-state index in [4.69, 9.17) is 11.5 Å². The van der Waals surface area contributed by atoms with Crippen LogP contribution < -0.4 is 27.4 Å². The standard InChI is InChI=1S/C23H33N7O6/c24-8-2-1-3-18(22(34)30-19(23(35)36)9-14-4-6-16(31)7-5-14)29-20(32)12-27-21(33)17(25)10-15-11-26-13-28-15/h4-7,11,13,17-19,31H,1-3,8-10,12,24-25H2,(H,26,28)(H,27,33)(H,29,32)(H,30,34)(H,35,36). The monoisotopic (exact) mass is 503 g/mol. The molecular formula is C23H33N7O6. The molecule has 13 nitrogen and oxygen atoms in total. The van der Waals surface area contributed by atoms with Crippen molar-refractivity contribution >= 4 is 23.7 Å². The number of imidazole rings is 1. The van der Waals surface area contributed by atoms with Gasteiger partial charge in [0.05, 0.1) is 18.9 Å². The molecule has 0 radical (unpaired) electrons. The third-order valence-electron chi connectivity index (χ3n) is 5.34. The Hall–Kier alpha value is -3.97. The van der Waals surface area contributed by atoms with Gasteiger partial charge in [0, 0.05) is 24.7 Å². The molecule has 36 heavy (non-hydrogen) atoms. The molecule has 3 amide bonds. The van der Waals surface area contributed by atoms with Crippen LogP contribution in [0.3, 0.4) is 0 Å². The van der Waals surface area contributed by atoms with Crippen molar-refractivity contribution in [2.24, 2.45) is 11.5 Å².